The van der Waals surface area contributed by atoms with E-state index < -0.39 is 0 Å². The largest absolute Gasteiger partial charge is 0.325 e. The zero-order valence-electron chi connectivity index (χ0n) is 12.0. The monoisotopic (exact) mass is 389 g/mol. The highest BCUT2D eigenvalue weighted by Crippen LogP contribution is 2.39. The standard InChI is InChI=1S/C16H14Cl3N3.ClH/c17-11-3-1-10(2-4-11)16-8-13(9-20)21-22(16)15-6-5-12(18)7-14(15)19;/h1-7,16H,8-9,20H2;1H/t16-;/m1./s1. The molecule has 7 heteroatoms. The van der Waals surface area contributed by atoms with E-state index in [4.69, 9.17) is 40.5 Å². The van der Waals surface area contributed by atoms with Crippen LogP contribution in [0.4, 0.5) is 5.69 Å². The van der Waals surface area contributed by atoms with Gasteiger partial charge in [-0.2, -0.15) is 5.10 Å². The van der Waals surface area contributed by atoms with Crippen LogP contribution in [0.25, 0.3) is 0 Å². The molecule has 3 nitrogen and oxygen atoms in total. The number of hydrogen-bond acceptors (Lipinski definition) is 3. The van der Waals surface area contributed by atoms with Gasteiger partial charge < -0.3 is 5.73 Å². The van der Waals surface area contributed by atoms with Crippen LogP contribution in [-0.2, 0) is 0 Å². The number of hydrogen-bond donors (Lipinski definition) is 1. The maximum Gasteiger partial charge on any atom is 0.0829 e. The summed E-state index contributed by atoms with van der Waals surface area (Å²) in [6.07, 6.45) is 0.761. The maximum absolute atomic E-state index is 6.33. The van der Waals surface area contributed by atoms with Crippen molar-refractivity contribution in [2.45, 2.75) is 12.5 Å². The third-order valence-corrected chi connectivity index (χ3v) is 4.41. The van der Waals surface area contributed by atoms with E-state index in [1.54, 1.807) is 12.1 Å². The third kappa shape index (κ3) is 3.93. The lowest BCUT2D eigenvalue weighted by molar-refractivity contribution is 0.708. The van der Waals surface area contributed by atoms with Gasteiger partial charge in [0, 0.05) is 23.0 Å². The Hall–Kier alpha value is -0.970. The molecule has 0 radical (unpaired) electrons. The molecule has 122 valence electrons. The van der Waals surface area contributed by atoms with Gasteiger partial charge in [0.25, 0.3) is 0 Å². The highest BCUT2D eigenvalue weighted by atomic mass is 35.5. The van der Waals surface area contributed by atoms with E-state index >= 15 is 0 Å². The summed E-state index contributed by atoms with van der Waals surface area (Å²) >= 11 is 18.3. The van der Waals surface area contributed by atoms with Crippen molar-refractivity contribution in [2.24, 2.45) is 10.8 Å². The zero-order chi connectivity index (χ0) is 15.7. The van der Waals surface area contributed by atoms with Gasteiger partial charge in [-0.05, 0) is 35.9 Å². The highest BCUT2D eigenvalue weighted by molar-refractivity contribution is 6.36. The molecule has 2 N–H and O–H groups in total. The number of benzene rings is 2. The number of nitrogens with two attached hydrogens (primary N) is 1. The molecule has 0 unspecified atom stereocenters. The van der Waals surface area contributed by atoms with Crippen molar-refractivity contribution in [1.29, 1.82) is 0 Å². The third-order valence-electron chi connectivity index (χ3n) is 3.62. The molecule has 0 amide bonds. The van der Waals surface area contributed by atoms with Crippen LogP contribution in [0.3, 0.4) is 0 Å². The van der Waals surface area contributed by atoms with Gasteiger partial charge >= 0.3 is 0 Å². The van der Waals surface area contributed by atoms with Gasteiger partial charge in [-0.15, -0.1) is 12.4 Å². The molecule has 1 atom stereocenters. The summed E-state index contributed by atoms with van der Waals surface area (Å²) in [5.74, 6) is 0. The van der Waals surface area contributed by atoms with Gasteiger partial charge in [0.2, 0.25) is 0 Å². The molecular weight excluding hydrogens is 376 g/mol. The fourth-order valence-electron chi connectivity index (χ4n) is 2.53. The van der Waals surface area contributed by atoms with Crippen LogP contribution in [0.15, 0.2) is 47.6 Å². The van der Waals surface area contributed by atoms with Gasteiger partial charge in [-0.25, -0.2) is 0 Å². The minimum atomic E-state index is 0. The molecule has 0 aliphatic carbocycles. The van der Waals surface area contributed by atoms with Crippen LogP contribution < -0.4 is 10.7 Å². The van der Waals surface area contributed by atoms with E-state index in [9.17, 15) is 0 Å². The Kier molecular flexibility index (Phi) is 6.18. The Labute approximate surface area is 156 Å². The Bertz CT molecular complexity index is 716. The molecule has 1 aliphatic rings. The number of nitrogens with zero attached hydrogens (tertiary/aromatic N) is 2. The average molecular weight is 391 g/mol. The van der Waals surface area contributed by atoms with Gasteiger partial charge in [0.15, 0.2) is 0 Å². The second-order valence-electron chi connectivity index (χ2n) is 5.08. The predicted octanol–water partition coefficient (Wildman–Crippen LogP) is 5.33. The lowest BCUT2D eigenvalue weighted by atomic mass is 10.0. The van der Waals surface area contributed by atoms with Crippen molar-refractivity contribution in [2.75, 3.05) is 11.6 Å². The van der Waals surface area contributed by atoms with Crippen molar-refractivity contribution in [1.82, 2.24) is 0 Å². The Morgan fingerprint density at radius 1 is 1.04 bits per heavy atom. The summed E-state index contributed by atoms with van der Waals surface area (Å²) in [5.41, 5.74) is 8.63. The van der Waals surface area contributed by atoms with Gasteiger partial charge in [-0.1, -0.05) is 46.9 Å². The first-order chi connectivity index (χ1) is 10.6. The molecule has 2 aromatic rings. The number of rotatable bonds is 3. The zero-order valence-corrected chi connectivity index (χ0v) is 15.1. The van der Waals surface area contributed by atoms with Crippen LogP contribution in [0, 0.1) is 0 Å². The Morgan fingerprint density at radius 3 is 2.30 bits per heavy atom. The summed E-state index contributed by atoms with van der Waals surface area (Å²) < 4.78 is 0. The van der Waals surface area contributed by atoms with Gasteiger partial charge in [0.05, 0.1) is 22.5 Å². The summed E-state index contributed by atoms with van der Waals surface area (Å²) in [6, 6.07) is 13.2. The normalized spacial score (nSPS) is 17.0. The Morgan fingerprint density at radius 2 is 1.70 bits per heavy atom. The lowest BCUT2D eigenvalue weighted by Crippen LogP contribution is -2.19. The number of halogens is 4. The van der Waals surface area contributed by atoms with Crippen LogP contribution in [0.1, 0.15) is 18.0 Å². The maximum atomic E-state index is 6.33. The number of anilines is 1. The van der Waals surface area contributed by atoms with Crippen molar-refractivity contribution in [3.05, 3.63) is 63.1 Å². The van der Waals surface area contributed by atoms with E-state index in [1.807, 2.05) is 35.3 Å². The van der Waals surface area contributed by atoms with E-state index in [0.29, 0.717) is 21.6 Å². The minimum Gasteiger partial charge on any atom is -0.325 e. The first kappa shape index (κ1) is 18.4. The first-order valence-corrected chi connectivity index (χ1v) is 7.98. The van der Waals surface area contributed by atoms with E-state index in [1.165, 1.54) is 0 Å². The number of hydrazone groups is 1. The predicted molar refractivity (Wildman–Crippen MR) is 101 cm³/mol. The second-order valence-corrected chi connectivity index (χ2v) is 6.36. The fourth-order valence-corrected chi connectivity index (χ4v) is 3.15. The summed E-state index contributed by atoms with van der Waals surface area (Å²) in [4.78, 5) is 0. The summed E-state index contributed by atoms with van der Waals surface area (Å²) in [6.45, 7) is 0.422. The molecular formula is C16H15Cl4N3. The summed E-state index contributed by atoms with van der Waals surface area (Å²) in [5, 5.41) is 8.38. The molecule has 1 heterocycles. The van der Waals surface area contributed by atoms with Gasteiger partial charge in [0.1, 0.15) is 0 Å². The van der Waals surface area contributed by atoms with Crippen LogP contribution in [0.5, 0.6) is 0 Å². The summed E-state index contributed by atoms with van der Waals surface area (Å²) in [7, 11) is 0. The minimum absolute atomic E-state index is 0. The average Bonchev–Trinajstić information content (AvgIpc) is 2.92. The molecule has 0 saturated carbocycles. The molecule has 2 aromatic carbocycles. The van der Waals surface area contributed by atoms with Gasteiger partial charge in [-0.3, -0.25) is 5.01 Å². The molecule has 0 spiro atoms. The topological polar surface area (TPSA) is 41.6 Å². The van der Waals surface area contributed by atoms with Crippen LogP contribution >= 0.6 is 47.2 Å². The van der Waals surface area contributed by atoms with E-state index in [0.717, 1.165) is 23.4 Å². The van der Waals surface area contributed by atoms with Crippen molar-refractivity contribution >= 4 is 58.6 Å². The highest BCUT2D eigenvalue weighted by Gasteiger charge is 2.29. The molecule has 3 rings (SSSR count). The quantitative estimate of drug-likeness (QED) is 0.768. The van der Waals surface area contributed by atoms with Crippen molar-refractivity contribution < 1.29 is 0 Å². The molecule has 0 fully saturated rings. The Balaban J connectivity index is 0.00000192. The molecule has 0 saturated heterocycles. The van der Waals surface area contributed by atoms with Crippen molar-refractivity contribution in [3.8, 4) is 0 Å². The van der Waals surface area contributed by atoms with Crippen molar-refractivity contribution in [3.63, 3.8) is 0 Å². The smallest absolute Gasteiger partial charge is 0.0829 e. The fraction of sp³-hybridized carbons (Fsp3) is 0.188. The van der Waals surface area contributed by atoms with Crippen LogP contribution in [-0.4, -0.2) is 12.3 Å². The van der Waals surface area contributed by atoms with E-state index in [2.05, 4.69) is 5.10 Å². The molecule has 0 aromatic heterocycles. The molecule has 1 aliphatic heterocycles. The van der Waals surface area contributed by atoms with Crippen LogP contribution in [0.2, 0.25) is 15.1 Å². The SMILES string of the molecule is Cl.NCC1=NN(c2ccc(Cl)cc2Cl)[C@@H](c2ccc(Cl)cc2)C1. The molecule has 23 heavy (non-hydrogen) atoms. The second kappa shape index (κ2) is 7.73. The van der Waals surface area contributed by atoms with E-state index in [-0.39, 0.29) is 18.4 Å². The molecule has 0 bridgehead atoms. The first-order valence-electron chi connectivity index (χ1n) is 6.84. The lowest BCUT2D eigenvalue weighted by Gasteiger charge is -2.25.